The summed E-state index contributed by atoms with van der Waals surface area (Å²) in [4.78, 5) is 25.4. The summed E-state index contributed by atoms with van der Waals surface area (Å²) in [5.41, 5.74) is 1.09. The van der Waals surface area contributed by atoms with Crippen molar-refractivity contribution in [3.8, 4) is 0 Å². The molecule has 3 unspecified atom stereocenters. The van der Waals surface area contributed by atoms with E-state index < -0.39 is 29.3 Å². The van der Waals surface area contributed by atoms with Crippen molar-refractivity contribution in [1.29, 1.82) is 0 Å². The molecule has 2 heterocycles. The van der Waals surface area contributed by atoms with Crippen LogP contribution in [0.1, 0.15) is 39.2 Å². The molecule has 1 aromatic heterocycles. The number of nitrogens with zero attached hydrogens (tertiary/aromatic N) is 2. The second-order valence-corrected chi connectivity index (χ2v) is 7.20. The highest BCUT2D eigenvalue weighted by Crippen LogP contribution is 2.53. The van der Waals surface area contributed by atoms with Gasteiger partial charge in [-0.25, -0.2) is 9.42 Å². The SMILES string of the molecule is COC(=O)C1=C(C)NC(C)C(C(=O)O)(C(C)C)C1c1cccc2nonc12. The van der Waals surface area contributed by atoms with Gasteiger partial charge >= 0.3 is 11.9 Å². The normalized spacial score (nSPS) is 25.6. The lowest BCUT2D eigenvalue weighted by Gasteiger charge is -2.49. The number of hydrogen-bond acceptors (Lipinski definition) is 7. The van der Waals surface area contributed by atoms with Crippen LogP contribution in [-0.4, -0.2) is 40.5 Å². The molecular formula is C19H23N3O5. The van der Waals surface area contributed by atoms with Gasteiger partial charge in [-0.15, -0.1) is 0 Å². The molecule has 0 saturated carbocycles. The fraction of sp³-hybridized carbons (Fsp3) is 0.474. The van der Waals surface area contributed by atoms with Crippen LogP contribution in [0.3, 0.4) is 0 Å². The van der Waals surface area contributed by atoms with Crippen LogP contribution in [0.4, 0.5) is 0 Å². The van der Waals surface area contributed by atoms with E-state index in [1.807, 2.05) is 20.8 Å². The monoisotopic (exact) mass is 373 g/mol. The molecule has 0 bridgehead atoms. The van der Waals surface area contributed by atoms with Crippen LogP contribution in [0, 0.1) is 11.3 Å². The lowest BCUT2D eigenvalue weighted by atomic mass is 9.57. The standard InChI is InChI=1S/C19H23N3O5/c1-9(2)19(18(24)25)11(4)20-10(3)14(17(23)26-5)15(19)12-7-6-8-13-16(12)22-27-21-13/h6-9,11,15,20H,1-5H3,(H,24,25). The number of fused-ring (bicyclic) bond motifs is 1. The van der Waals surface area contributed by atoms with Crippen LogP contribution in [0.2, 0.25) is 0 Å². The zero-order valence-electron chi connectivity index (χ0n) is 15.9. The largest absolute Gasteiger partial charge is 0.481 e. The van der Waals surface area contributed by atoms with Gasteiger partial charge in [-0.1, -0.05) is 26.0 Å². The minimum atomic E-state index is -1.31. The number of carboxylic acids is 1. The quantitative estimate of drug-likeness (QED) is 0.786. The Balaban J connectivity index is 2.42. The molecule has 0 aliphatic carbocycles. The van der Waals surface area contributed by atoms with E-state index in [4.69, 9.17) is 9.37 Å². The number of carbonyl (C=O) groups is 2. The zero-order chi connectivity index (χ0) is 19.9. The molecule has 0 radical (unpaired) electrons. The summed E-state index contributed by atoms with van der Waals surface area (Å²) in [5.74, 6) is -2.65. The first-order valence-electron chi connectivity index (χ1n) is 8.76. The van der Waals surface area contributed by atoms with Gasteiger partial charge in [0.1, 0.15) is 16.4 Å². The van der Waals surface area contributed by atoms with Gasteiger partial charge in [0.15, 0.2) is 0 Å². The topological polar surface area (TPSA) is 115 Å². The molecule has 144 valence electrons. The van der Waals surface area contributed by atoms with Gasteiger partial charge in [0.25, 0.3) is 0 Å². The third kappa shape index (κ3) is 2.58. The van der Waals surface area contributed by atoms with Crippen molar-refractivity contribution in [1.82, 2.24) is 15.6 Å². The Morgan fingerprint density at radius 1 is 1.33 bits per heavy atom. The lowest BCUT2D eigenvalue weighted by Crippen LogP contribution is -2.59. The van der Waals surface area contributed by atoms with Crippen molar-refractivity contribution in [3.63, 3.8) is 0 Å². The van der Waals surface area contributed by atoms with Gasteiger partial charge in [0.2, 0.25) is 0 Å². The number of allylic oxidation sites excluding steroid dienone is 1. The van der Waals surface area contributed by atoms with Gasteiger partial charge in [-0.05, 0) is 41.7 Å². The van der Waals surface area contributed by atoms with E-state index in [2.05, 4.69) is 15.6 Å². The summed E-state index contributed by atoms with van der Waals surface area (Å²) >= 11 is 0. The van der Waals surface area contributed by atoms with Gasteiger partial charge in [-0.3, -0.25) is 4.79 Å². The predicted octanol–water partition coefficient (Wildman–Crippen LogP) is 2.47. The van der Waals surface area contributed by atoms with Crippen LogP contribution in [0.15, 0.2) is 34.1 Å². The Morgan fingerprint density at radius 2 is 2.04 bits per heavy atom. The molecule has 2 aromatic rings. The summed E-state index contributed by atoms with van der Waals surface area (Å²) in [5, 5.41) is 21.4. The Hall–Kier alpha value is -2.90. The third-order valence-electron chi connectivity index (χ3n) is 5.68. The molecule has 0 spiro atoms. The number of methoxy groups -OCH3 is 1. The maximum absolute atomic E-state index is 12.7. The van der Waals surface area contributed by atoms with E-state index >= 15 is 0 Å². The van der Waals surface area contributed by atoms with Gasteiger partial charge in [0.05, 0.1) is 12.7 Å². The Bertz CT molecular complexity index is 932. The van der Waals surface area contributed by atoms with E-state index in [1.54, 1.807) is 25.1 Å². The number of carbonyl (C=O) groups excluding carboxylic acids is 1. The number of rotatable bonds is 4. The van der Waals surface area contributed by atoms with E-state index in [0.717, 1.165) is 0 Å². The minimum absolute atomic E-state index is 0.280. The molecule has 1 aliphatic rings. The zero-order valence-corrected chi connectivity index (χ0v) is 15.9. The first-order chi connectivity index (χ1) is 12.8. The minimum Gasteiger partial charge on any atom is -0.481 e. The summed E-state index contributed by atoms with van der Waals surface area (Å²) in [6, 6.07) is 4.81. The van der Waals surface area contributed by atoms with Crippen molar-refractivity contribution < 1.29 is 24.1 Å². The molecule has 2 N–H and O–H groups in total. The molecule has 0 fully saturated rings. The van der Waals surface area contributed by atoms with Crippen LogP contribution in [-0.2, 0) is 14.3 Å². The predicted molar refractivity (Wildman–Crippen MR) is 96.8 cm³/mol. The fourth-order valence-corrected chi connectivity index (χ4v) is 4.47. The summed E-state index contributed by atoms with van der Waals surface area (Å²) in [6.45, 7) is 7.26. The first-order valence-corrected chi connectivity index (χ1v) is 8.76. The van der Waals surface area contributed by atoms with Crippen molar-refractivity contribution in [3.05, 3.63) is 35.0 Å². The second-order valence-electron chi connectivity index (χ2n) is 7.20. The van der Waals surface area contributed by atoms with E-state index in [0.29, 0.717) is 22.3 Å². The second kappa shape index (κ2) is 6.68. The summed E-state index contributed by atoms with van der Waals surface area (Å²) in [7, 11) is 1.29. The summed E-state index contributed by atoms with van der Waals surface area (Å²) < 4.78 is 9.87. The van der Waals surface area contributed by atoms with Gasteiger partial charge in [0, 0.05) is 17.7 Å². The molecular weight excluding hydrogens is 350 g/mol. The van der Waals surface area contributed by atoms with Crippen molar-refractivity contribution in [2.45, 2.75) is 39.7 Å². The van der Waals surface area contributed by atoms with E-state index in [9.17, 15) is 14.7 Å². The lowest BCUT2D eigenvalue weighted by molar-refractivity contribution is -0.156. The van der Waals surface area contributed by atoms with E-state index in [1.165, 1.54) is 7.11 Å². The number of esters is 1. The number of nitrogens with one attached hydrogen (secondary N) is 1. The molecule has 27 heavy (non-hydrogen) atoms. The van der Waals surface area contributed by atoms with Gasteiger partial charge < -0.3 is 15.2 Å². The maximum atomic E-state index is 12.7. The molecule has 0 amide bonds. The molecule has 1 aliphatic heterocycles. The van der Waals surface area contributed by atoms with Gasteiger partial charge in [-0.2, -0.15) is 0 Å². The molecule has 8 heteroatoms. The molecule has 1 aromatic carbocycles. The van der Waals surface area contributed by atoms with Crippen molar-refractivity contribution >= 4 is 23.0 Å². The van der Waals surface area contributed by atoms with Crippen molar-refractivity contribution in [2.75, 3.05) is 7.11 Å². The average Bonchev–Trinajstić information content (AvgIpc) is 3.08. The number of hydrogen-bond donors (Lipinski definition) is 2. The van der Waals surface area contributed by atoms with Crippen LogP contribution in [0.5, 0.6) is 0 Å². The smallest absolute Gasteiger partial charge is 0.336 e. The Morgan fingerprint density at radius 3 is 2.63 bits per heavy atom. The number of benzene rings is 1. The third-order valence-corrected chi connectivity index (χ3v) is 5.68. The molecule has 3 atom stereocenters. The number of carboxylic acid groups (broad SMARTS) is 1. The number of aliphatic carboxylic acids is 1. The molecule has 0 saturated heterocycles. The molecule has 8 nitrogen and oxygen atoms in total. The van der Waals surface area contributed by atoms with E-state index in [-0.39, 0.29) is 11.5 Å². The van der Waals surface area contributed by atoms with Crippen molar-refractivity contribution in [2.24, 2.45) is 11.3 Å². The number of aromatic nitrogens is 2. The highest BCUT2D eigenvalue weighted by molar-refractivity contribution is 5.96. The highest BCUT2D eigenvalue weighted by atomic mass is 16.6. The van der Waals surface area contributed by atoms with Crippen LogP contribution >= 0.6 is 0 Å². The van der Waals surface area contributed by atoms with Crippen LogP contribution in [0.25, 0.3) is 11.0 Å². The Labute approximate surface area is 156 Å². The number of ether oxygens (including phenoxy) is 1. The fourth-order valence-electron chi connectivity index (χ4n) is 4.47. The molecule has 3 rings (SSSR count). The average molecular weight is 373 g/mol. The first kappa shape index (κ1) is 18.9. The van der Waals surface area contributed by atoms with Crippen LogP contribution < -0.4 is 5.32 Å². The Kier molecular flexibility index (Phi) is 4.67. The highest BCUT2D eigenvalue weighted by Gasteiger charge is 2.58. The maximum Gasteiger partial charge on any atom is 0.336 e. The summed E-state index contributed by atoms with van der Waals surface area (Å²) in [6.07, 6.45) is 0.